The highest BCUT2D eigenvalue weighted by Gasteiger charge is 2.10. The van der Waals surface area contributed by atoms with E-state index in [2.05, 4.69) is 70.2 Å². The molecule has 0 saturated heterocycles. The molecular weight excluding hydrogens is 325 g/mol. The third kappa shape index (κ3) is 3.07. The zero-order valence-corrected chi connectivity index (χ0v) is 12.2. The van der Waals surface area contributed by atoms with Crippen molar-refractivity contribution in [2.75, 3.05) is 0 Å². The third-order valence-corrected chi connectivity index (χ3v) is 3.50. The van der Waals surface area contributed by atoms with Crippen molar-refractivity contribution >= 4 is 22.6 Å². The molecule has 2 aromatic rings. The van der Waals surface area contributed by atoms with E-state index >= 15 is 0 Å². The molecule has 0 radical (unpaired) electrons. The van der Waals surface area contributed by atoms with Crippen molar-refractivity contribution in [3.8, 4) is 11.3 Å². The Kier molecular flexibility index (Phi) is 4.17. The summed E-state index contributed by atoms with van der Waals surface area (Å²) in [5.41, 5.74) is 3.54. The van der Waals surface area contributed by atoms with Crippen LogP contribution in [0.2, 0.25) is 0 Å². The maximum Gasteiger partial charge on any atom is 0.0705 e. The van der Waals surface area contributed by atoms with Gasteiger partial charge >= 0.3 is 0 Å². The number of aromatic amines is 1. The third-order valence-electron chi connectivity index (χ3n) is 2.56. The largest absolute Gasteiger partial charge is 0.310 e. The summed E-state index contributed by atoms with van der Waals surface area (Å²) in [5, 5.41) is 10.7. The van der Waals surface area contributed by atoms with Gasteiger partial charge in [-0.3, -0.25) is 5.10 Å². The number of halogens is 1. The fraction of sp³-hybridized carbons (Fsp3) is 0.308. The Labute approximate surface area is 115 Å². The van der Waals surface area contributed by atoms with Crippen molar-refractivity contribution in [3.63, 3.8) is 0 Å². The Balaban J connectivity index is 2.28. The van der Waals surface area contributed by atoms with E-state index in [0.717, 1.165) is 12.2 Å². The number of nitrogens with zero attached hydrogens (tertiary/aromatic N) is 1. The summed E-state index contributed by atoms with van der Waals surface area (Å²) in [6.07, 6.45) is 1.90. The Morgan fingerprint density at radius 3 is 2.82 bits per heavy atom. The summed E-state index contributed by atoms with van der Waals surface area (Å²) in [6.45, 7) is 5.13. The molecule has 0 saturated carbocycles. The van der Waals surface area contributed by atoms with Gasteiger partial charge in [0.25, 0.3) is 0 Å². The van der Waals surface area contributed by atoms with Gasteiger partial charge in [0.05, 0.1) is 11.9 Å². The van der Waals surface area contributed by atoms with Crippen LogP contribution in [-0.4, -0.2) is 16.2 Å². The molecule has 1 heterocycles. The number of rotatable bonds is 4. The molecule has 0 spiro atoms. The quantitative estimate of drug-likeness (QED) is 0.839. The van der Waals surface area contributed by atoms with Gasteiger partial charge in [-0.2, -0.15) is 5.10 Å². The minimum atomic E-state index is 0.479. The first-order valence-electron chi connectivity index (χ1n) is 5.69. The van der Waals surface area contributed by atoms with Crippen LogP contribution in [0.15, 0.2) is 30.5 Å². The number of hydrogen-bond acceptors (Lipinski definition) is 2. The molecule has 4 heteroatoms. The lowest BCUT2D eigenvalue weighted by Crippen LogP contribution is -2.21. The van der Waals surface area contributed by atoms with E-state index in [-0.39, 0.29) is 0 Å². The van der Waals surface area contributed by atoms with E-state index < -0.39 is 0 Å². The lowest BCUT2D eigenvalue weighted by Gasteiger charge is -2.09. The molecule has 90 valence electrons. The predicted octanol–water partition coefficient (Wildman–Crippen LogP) is 3.18. The Bertz CT molecular complexity index is 491. The highest BCUT2D eigenvalue weighted by Crippen LogP contribution is 2.25. The van der Waals surface area contributed by atoms with Gasteiger partial charge < -0.3 is 5.32 Å². The van der Waals surface area contributed by atoms with E-state index in [0.29, 0.717) is 6.04 Å². The molecule has 2 rings (SSSR count). The molecule has 1 aromatic heterocycles. The first-order valence-corrected chi connectivity index (χ1v) is 6.77. The summed E-state index contributed by atoms with van der Waals surface area (Å²) in [6, 6.07) is 8.81. The van der Waals surface area contributed by atoms with E-state index in [1.807, 2.05) is 12.3 Å². The van der Waals surface area contributed by atoms with Gasteiger partial charge in [-0.05, 0) is 28.7 Å². The van der Waals surface area contributed by atoms with E-state index in [4.69, 9.17) is 0 Å². The summed E-state index contributed by atoms with van der Waals surface area (Å²) in [7, 11) is 0. The molecule has 2 N–H and O–H groups in total. The summed E-state index contributed by atoms with van der Waals surface area (Å²) < 4.78 is 1.24. The molecule has 1 aromatic carbocycles. The maximum atomic E-state index is 4.15. The molecule has 0 atom stereocenters. The van der Waals surface area contributed by atoms with E-state index in [1.165, 1.54) is 14.7 Å². The van der Waals surface area contributed by atoms with Gasteiger partial charge in [0.2, 0.25) is 0 Å². The molecule has 0 fully saturated rings. The molecule has 0 aliphatic carbocycles. The number of hydrogen-bond donors (Lipinski definition) is 2. The van der Waals surface area contributed by atoms with Gasteiger partial charge in [0, 0.05) is 27.3 Å². The number of aromatic nitrogens is 2. The van der Waals surface area contributed by atoms with Gasteiger partial charge in [-0.15, -0.1) is 0 Å². The fourth-order valence-electron chi connectivity index (χ4n) is 1.66. The molecule has 0 aliphatic heterocycles. The van der Waals surface area contributed by atoms with Gasteiger partial charge in [-0.25, -0.2) is 0 Å². The lowest BCUT2D eigenvalue weighted by molar-refractivity contribution is 0.589. The van der Waals surface area contributed by atoms with Gasteiger partial charge in [0.15, 0.2) is 0 Å². The second-order valence-corrected chi connectivity index (χ2v) is 5.45. The lowest BCUT2D eigenvalue weighted by atomic mass is 10.1. The van der Waals surface area contributed by atoms with Crippen molar-refractivity contribution in [1.82, 2.24) is 15.5 Å². The normalized spacial score (nSPS) is 11.1. The SMILES string of the molecule is CC(C)NCc1cn[nH]c1-c1ccccc1I. The van der Waals surface area contributed by atoms with Crippen molar-refractivity contribution in [2.24, 2.45) is 0 Å². The monoisotopic (exact) mass is 341 g/mol. The Hall–Kier alpha value is -0.880. The minimum absolute atomic E-state index is 0.479. The van der Waals surface area contributed by atoms with Crippen LogP contribution >= 0.6 is 22.6 Å². The summed E-state index contributed by atoms with van der Waals surface area (Å²) >= 11 is 2.35. The van der Waals surface area contributed by atoms with Gasteiger partial charge in [0.1, 0.15) is 0 Å². The van der Waals surface area contributed by atoms with Crippen LogP contribution < -0.4 is 5.32 Å². The summed E-state index contributed by atoms with van der Waals surface area (Å²) in [4.78, 5) is 0. The maximum absolute atomic E-state index is 4.15. The van der Waals surface area contributed by atoms with E-state index in [1.54, 1.807) is 0 Å². The van der Waals surface area contributed by atoms with Crippen LogP contribution in [-0.2, 0) is 6.54 Å². The Morgan fingerprint density at radius 1 is 1.35 bits per heavy atom. The highest BCUT2D eigenvalue weighted by atomic mass is 127. The van der Waals surface area contributed by atoms with Crippen LogP contribution in [0, 0.1) is 3.57 Å². The molecule has 0 unspecified atom stereocenters. The van der Waals surface area contributed by atoms with Crippen LogP contribution in [0.1, 0.15) is 19.4 Å². The number of H-pyrrole nitrogens is 1. The molecule has 0 amide bonds. The summed E-state index contributed by atoms with van der Waals surface area (Å²) in [5.74, 6) is 0. The van der Waals surface area contributed by atoms with Crippen LogP contribution in [0.5, 0.6) is 0 Å². The zero-order valence-electron chi connectivity index (χ0n) is 10.00. The first-order chi connectivity index (χ1) is 8.18. The second kappa shape index (κ2) is 5.64. The highest BCUT2D eigenvalue weighted by molar-refractivity contribution is 14.1. The van der Waals surface area contributed by atoms with Crippen LogP contribution in [0.4, 0.5) is 0 Å². The van der Waals surface area contributed by atoms with Crippen molar-refractivity contribution in [3.05, 3.63) is 39.6 Å². The van der Waals surface area contributed by atoms with E-state index in [9.17, 15) is 0 Å². The Morgan fingerprint density at radius 2 is 2.12 bits per heavy atom. The predicted molar refractivity (Wildman–Crippen MR) is 78.7 cm³/mol. The minimum Gasteiger partial charge on any atom is -0.310 e. The smallest absolute Gasteiger partial charge is 0.0705 e. The molecule has 3 nitrogen and oxygen atoms in total. The second-order valence-electron chi connectivity index (χ2n) is 4.29. The van der Waals surface area contributed by atoms with Crippen molar-refractivity contribution in [2.45, 2.75) is 26.4 Å². The molecule has 0 bridgehead atoms. The molecule has 0 aliphatic rings. The standard InChI is InChI=1S/C13H16IN3/c1-9(2)15-7-10-8-16-17-13(10)11-5-3-4-6-12(11)14/h3-6,8-9,15H,7H2,1-2H3,(H,16,17). The zero-order chi connectivity index (χ0) is 12.3. The first kappa shape index (κ1) is 12.6. The van der Waals surface area contributed by atoms with Crippen LogP contribution in [0.3, 0.4) is 0 Å². The van der Waals surface area contributed by atoms with Gasteiger partial charge in [-0.1, -0.05) is 32.0 Å². The average molecular weight is 341 g/mol. The average Bonchev–Trinajstić information content (AvgIpc) is 2.75. The molecular formula is C13H16IN3. The number of benzene rings is 1. The van der Waals surface area contributed by atoms with Crippen LogP contribution in [0.25, 0.3) is 11.3 Å². The van der Waals surface area contributed by atoms with Crippen molar-refractivity contribution < 1.29 is 0 Å². The van der Waals surface area contributed by atoms with Crippen molar-refractivity contribution in [1.29, 1.82) is 0 Å². The fourth-order valence-corrected chi connectivity index (χ4v) is 2.31. The molecule has 17 heavy (non-hydrogen) atoms. The topological polar surface area (TPSA) is 40.7 Å². The number of nitrogens with one attached hydrogen (secondary N) is 2.